The van der Waals surface area contributed by atoms with Crippen LogP contribution in [0, 0.1) is 0 Å². The van der Waals surface area contributed by atoms with Crippen molar-refractivity contribution in [2.45, 2.75) is 46.5 Å². The molecule has 0 radical (unpaired) electrons. The minimum absolute atomic E-state index is 0.278. The zero-order chi connectivity index (χ0) is 28.8. The lowest BCUT2D eigenvalue weighted by Gasteiger charge is -2.23. The van der Waals surface area contributed by atoms with Crippen LogP contribution in [0.3, 0.4) is 0 Å². The van der Waals surface area contributed by atoms with Gasteiger partial charge in [-0.2, -0.15) is 0 Å². The van der Waals surface area contributed by atoms with Crippen LogP contribution in [-0.2, 0) is 12.8 Å². The van der Waals surface area contributed by atoms with Crippen LogP contribution in [0.1, 0.15) is 55.2 Å². The van der Waals surface area contributed by atoms with E-state index in [0.717, 1.165) is 59.4 Å². The predicted octanol–water partition coefficient (Wildman–Crippen LogP) is 7.31. The number of amides is 1. The summed E-state index contributed by atoms with van der Waals surface area (Å²) in [6.07, 6.45) is 4.13. The van der Waals surface area contributed by atoms with E-state index < -0.39 is 0 Å². The maximum atomic E-state index is 13.5. The number of nitrogens with zero attached hydrogens (tertiary/aromatic N) is 1. The molecular formula is C33H37N3O5. The van der Waals surface area contributed by atoms with Gasteiger partial charge in [-0.1, -0.05) is 12.1 Å². The monoisotopic (exact) mass is 555 g/mol. The number of nitrogens with one attached hydrogen (secondary N) is 2. The molecule has 0 spiro atoms. The molecule has 1 aliphatic carbocycles. The largest absolute Gasteiger partial charge is 0.495 e. The molecule has 0 atom stereocenters. The van der Waals surface area contributed by atoms with Crippen LogP contribution in [0.5, 0.6) is 23.0 Å². The first kappa shape index (κ1) is 28.1. The molecule has 41 heavy (non-hydrogen) atoms. The van der Waals surface area contributed by atoms with E-state index in [1.54, 1.807) is 19.2 Å². The maximum absolute atomic E-state index is 13.5. The smallest absolute Gasteiger partial charge is 0.255 e. The van der Waals surface area contributed by atoms with Crippen LogP contribution in [0.2, 0.25) is 0 Å². The zero-order valence-electron chi connectivity index (χ0n) is 24.1. The van der Waals surface area contributed by atoms with Gasteiger partial charge in [0.2, 0.25) is 5.75 Å². The van der Waals surface area contributed by atoms with E-state index in [4.69, 9.17) is 23.9 Å². The number of carbonyl (C=O) groups excluding carboxylic acids is 1. The van der Waals surface area contributed by atoms with E-state index in [2.05, 4.69) is 10.6 Å². The number of hydrogen-bond acceptors (Lipinski definition) is 7. The second-order valence-electron chi connectivity index (χ2n) is 9.73. The fraction of sp³-hybridized carbons (Fsp3) is 0.333. The molecule has 8 nitrogen and oxygen atoms in total. The fourth-order valence-electron chi connectivity index (χ4n) is 5.25. The Bertz CT molecular complexity index is 1520. The van der Waals surface area contributed by atoms with Crippen molar-refractivity contribution in [3.63, 3.8) is 0 Å². The molecule has 5 rings (SSSR count). The van der Waals surface area contributed by atoms with Gasteiger partial charge in [0.1, 0.15) is 5.75 Å². The van der Waals surface area contributed by atoms with Crippen LogP contribution in [0.4, 0.5) is 17.1 Å². The van der Waals surface area contributed by atoms with Crippen molar-refractivity contribution < 1.29 is 23.7 Å². The Balaban J connectivity index is 1.53. The van der Waals surface area contributed by atoms with Crippen molar-refractivity contribution in [2.24, 2.45) is 0 Å². The second kappa shape index (κ2) is 12.8. The highest BCUT2D eigenvalue weighted by atomic mass is 16.5. The highest BCUT2D eigenvalue weighted by Gasteiger charge is 2.21. The Morgan fingerprint density at radius 1 is 0.854 bits per heavy atom. The van der Waals surface area contributed by atoms with Crippen LogP contribution in [0.15, 0.2) is 54.6 Å². The van der Waals surface area contributed by atoms with E-state index >= 15 is 0 Å². The summed E-state index contributed by atoms with van der Waals surface area (Å²) in [5, 5.41) is 7.64. The third-order valence-corrected chi connectivity index (χ3v) is 7.06. The van der Waals surface area contributed by atoms with Crippen LogP contribution >= 0.6 is 0 Å². The summed E-state index contributed by atoms with van der Waals surface area (Å²) in [4.78, 5) is 18.5. The number of hydrogen-bond donors (Lipinski definition) is 2. The number of pyridine rings is 1. The highest BCUT2D eigenvalue weighted by molar-refractivity contribution is 6.07. The number of aromatic nitrogens is 1. The minimum atomic E-state index is -0.278. The quantitative estimate of drug-likeness (QED) is 0.200. The van der Waals surface area contributed by atoms with Gasteiger partial charge >= 0.3 is 0 Å². The fourth-order valence-corrected chi connectivity index (χ4v) is 5.25. The SMILES string of the molecule is CCOc1cc(C(=O)Nc2ccc3nc4c(c(Nc5ccccc5OC)c3c2)CCCC4)cc(OCC)c1OCC. The second-order valence-corrected chi connectivity index (χ2v) is 9.73. The lowest BCUT2D eigenvalue weighted by atomic mass is 9.92. The molecule has 1 heterocycles. The summed E-state index contributed by atoms with van der Waals surface area (Å²) in [6.45, 7) is 6.99. The van der Waals surface area contributed by atoms with Crippen molar-refractivity contribution in [2.75, 3.05) is 37.6 Å². The van der Waals surface area contributed by atoms with Crippen molar-refractivity contribution in [1.82, 2.24) is 4.98 Å². The van der Waals surface area contributed by atoms with Crippen molar-refractivity contribution >= 4 is 33.9 Å². The first-order valence-electron chi connectivity index (χ1n) is 14.3. The molecule has 1 aromatic heterocycles. The molecule has 0 saturated heterocycles. The summed E-state index contributed by atoms with van der Waals surface area (Å²) < 4.78 is 23.0. The lowest BCUT2D eigenvalue weighted by molar-refractivity contribution is 0.102. The zero-order valence-corrected chi connectivity index (χ0v) is 24.1. The van der Waals surface area contributed by atoms with Crippen molar-refractivity contribution in [3.8, 4) is 23.0 Å². The summed E-state index contributed by atoms with van der Waals surface area (Å²) >= 11 is 0. The van der Waals surface area contributed by atoms with Gasteiger partial charge < -0.3 is 29.6 Å². The Morgan fingerprint density at radius 3 is 2.27 bits per heavy atom. The highest BCUT2D eigenvalue weighted by Crippen LogP contribution is 2.40. The van der Waals surface area contributed by atoms with Gasteiger partial charge in [-0.3, -0.25) is 9.78 Å². The molecule has 0 unspecified atom stereocenters. The van der Waals surface area contributed by atoms with E-state index in [-0.39, 0.29) is 5.91 Å². The number of carbonyl (C=O) groups is 1. The number of anilines is 3. The first-order chi connectivity index (χ1) is 20.1. The molecule has 2 N–H and O–H groups in total. The van der Waals surface area contributed by atoms with Gasteiger partial charge in [-0.05, 0) is 94.5 Å². The average Bonchev–Trinajstić information content (AvgIpc) is 2.99. The molecule has 3 aromatic carbocycles. The molecule has 8 heteroatoms. The van der Waals surface area contributed by atoms with Crippen LogP contribution in [-0.4, -0.2) is 37.8 Å². The van der Waals surface area contributed by atoms with Gasteiger partial charge in [0.15, 0.2) is 11.5 Å². The Labute approximate surface area is 241 Å². The number of aryl methyl sites for hydroxylation is 1. The van der Waals surface area contributed by atoms with Gasteiger partial charge in [-0.15, -0.1) is 0 Å². The Kier molecular flexibility index (Phi) is 8.77. The molecule has 0 fully saturated rings. The lowest BCUT2D eigenvalue weighted by Crippen LogP contribution is -2.14. The standard InChI is InChI=1S/C33H37N3O5/c1-5-39-29-18-21(19-30(40-6-2)32(29)41-7-3)33(37)34-22-16-17-26-24(20-22)31(23-12-8-9-13-25(23)35-26)36-27-14-10-11-15-28(27)38-4/h10-11,14-20H,5-9,12-13H2,1-4H3,(H,34,37)(H,35,36). The number of rotatable bonds is 11. The van der Waals surface area contributed by atoms with E-state index in [9.17, 15) is 4.79 Å². The van der Waals surface area contributed by atoms with Gasteiger partial charge in [0.25, 0.3) is 5.91 Å². The number of ether oxygens (including phenoxy) is 4. The molecule has 0 bridgehead atoms. The first-order valence-corrected chi connectivity index (χ1v) is 14.3. The number of methoxy groups -OCH3 is 1. The van der Waals surface area contributed by atoms with Gasteiger partial charge in [-0.25, -0.2) is 0 Å². The van der Waals surface area contributed by atoms with E-state index in [0.29, 0.717) is 48.3 Å². The molecular weight excluding hydrogens is 518 g/mol. The number of fused-ring (bicyclic) bond motifs is 2. The third-order valence-electron chi connectivity index (χ3n) is 7.06. The van der Waals surface area contributed by atoms with Gasteiger partial charge in [0, 0.05) is 22.3 Å². The predicted molar refractivity (Wildman–Crippen MR) is 163 cm³/mol. The molecule has 1 aliphatic rings. The normalized spacial score (nSPS) is 12.4. The summed E-state index contributed by atoms with van der Waals surface area (Å²) in [5.41, 5.74) is 6.17. The third kappa shape index (κ3) is 6.01. The van der Waals surface area contributed by atoms with Crippen molar-refractivity contribution in [3.05, 3.63) is 71.4 Å². The number of para-hydroxylation sites is 2. The van der Waals surface area contributed by atoms with Crippen LogP contribution < -0.4 is 29.6 Å². The van der Waals surface area contributed by atoms with Crippen molar-refractivity contribution in [1.29, 1.82) is 0 Å². The molecule has 214 valence electrons. The average molecular weight is 556 g/mol. The van der Waals surface area contributed by atoms with E-state index in [1.165, 1.54) is 5.56 Å². The number of benzene rings is 3. The summed E-state index contributed by atoms with van der Waals surface area (Å²) in [6, 6.07) is 17.1. The molecule has 0 aliphatic heterocycles. The Hall–Kier alpha value is -4.46. The molecule has 0 saturated carbocycles. The summed E-state index contributed by atoms with van der Waals surface area (Å²) in [5.74, 6) is 1.93. The maximum Gasteiger partial charge on any atom is 0.255 e. The molecule has 1 amide bonds. The van der Waals surface area contributed by atoms with E-state index in [1.807, 2.05) is 63.2 Å². The molecule has 4 aromatic rings. The topological polar surface area (TPSA) is 90.9 Å². The summed E-state index contributed by atoms with van der Waals surface area (Å²) in [7, 11) is 1.67. The Morgan fingerprint density at radius 2 is 1.56 bits per heavy atom. The van der Waals surface area contributed by atoms with Gasteiger partial charge in [0.05, 0.1) is 43.8 Å². The van der Waals surface area contributed by atoms with Crippen LogP contribution in [0.25, 0.3) is 10.9 Å². The minimum Gasteiger partial charge on any atom is -0.495 e.